The van der Waals surface area contributed by atoms with E-state index in [1.807, 2.05) is 24.3 Å². The topological polar surface area (TPSA) is 89.0 Å². The normalized spacial score (nSPS) is 14.1. The minimum atomic E-state index is -3.12. The van der Waals surface area contributed by atoms with Crippen molar-refractivity contribution < 1.29 is 22.3 Å². The van der Waals surface area contributed by atoms with E-state index in [1.54, 1.807) is 6.07 Å². The molecule has 0 spiro atoms. The molecule has 0 atom stereocenters. The SMILES string of the molecule is CS(=O)(=O)CCN=C(NCCc1cccc(F)c1)Nc1ccc2c(c1)OCCCO2. The van der Waals surface area contributed by atoms with Crippen molar-refractivity contribution in [3.05, 3.63) is 53.8 Å². The second-order valence-corrected chi connectivity index (χ2v) is 9.26. The Hall–Kier alpha value is -2.81. The van der Waals surface area contributed by atoms with Gasteiger partial charge in [-0.25, -0.2) is 12.8 Å². The number of halogens is 1. The van der Waals surface area contributed by atoms with Gasteiger partial charge in [-0.05, 0) is 36.2 Å². The van der Waals surface area contributed by atoms with Gasteiger partial charge in [-0.1, -0.05) is 12.1 Å². The molecule has 0 bridgehead atoms. The molecule has 9 heteroatoms. The Morgan fingerprint density at radius 1 is 1.13 bits per heavy atom. The Morgan fingerprint density at radius 3 is 2.70 bits per heavy atom. The maximum atomic E-state index is 13.4. The van der Waals surface area contributed by atoms with Crippen LogP contribution in [0, 0.1) is 5.82 Å². The summed E-state index contributed by atoms with van der Waals surface area (Å²) >= 11 is 0. The van der Waals surface area contributed by atoms with Crippen LogP contribution in [0.5, 0.6) is 11.5 Å². The third kappa shape index (κ3) is 7.22. The standard InChI is InChI=1S/C21H26FN3O4S/c1-30(26,27)13-10-24-21(23-9-8-16-4-2-5-17(22)14-16)25-18-6-7-19-20(15-18)29-12-3-11-28-19/h2,4-7,14-15H,3,8-13H2,1H3,(H2,23,24,25). The maximum absolute atomic E-state index is 13.4. The van der Waals surface area contributed by atoms with E-state index in [-0.39, 0.29) is 18.1 Å². The molecule has 2 aromatic rings. The fourth-order valence-electron chi connectivity index (χ4n) is 2.86. The highest BCUT2D eigenvalue weighted by Crippen LogP contribution is 2.32. The second-order valence-electron chi connectivity index (χ2n) is 7.00. The zero-order valence-corrected chi connectivity index (χ0v) is 17.7. The van der Waals surface area contributed by atoms with E-state index < -0.39 is 9.84 Å². The van der Waals surface area contributed by atoms with Gasteiger partial charge in [0, 0.05) is 31.0 Å². The van der Waals surface area contributed by atoms with Gasteiger partial charge in [0.25, 0.3) is 0 Å². The lowest BCUT2D eigenvalue weighted by atomic mass is 10.1. The molecule has 7 nitrogen and oxygen atoms in total. The molecule has 2 aromatic carbocycles. The molecule has 1 aliphatic rings. The molecule has 0 amide bonds. The molecule has 0 fully saturated rings. The van der Waals surface area contributed by atoms with Gasteiger partial charge < -0.3 is 20.1 Å². The molecular formula is C21H26FN3O4S. The van der Waals surface area contributed by atoms with Crippen molar-refractivity contribution in [2.75, 3.05) is 43.6 Å². The predicted octanol–water partition coefficient (Wildman–Crippen LogP) is 2.63. The molecule has 30 heavy (non-hydrogen) atoms. The van der Waals surface area contributed by atoms with Crippen LogP contribution in [0.2, 0.25) is 0 Å². The van der Waals surface area contributed by atoms with E-state index in [4.69, 9.17) is 9.47 Å². The third-order valence-corrected chi connectivity index (χ3v) is 5.26. The van der Waals surface area contributed by atoms with E-state index in [1.165, 1.54) is 18.4 Å². The fourth-order valence-corrected chi connectivity index (χ4v) is 3.28. The summed E-state index contributed by atoms with van der Waals surface area (Å²) in [6.45, 7) is 1.81. The van der Waals surface area contributed by atoms with Crippen molar-refractivity contribution >= 4 is 21.5 Å². The summed E-state index contributed by atoms with van der Waals surface area (Å²) in [6, 6.07) is 11.9. The zero-order valence-electron chi connectivity index (χ0n) is 16.9. The summed E-state index contributed by atoms with van der Waals surface area (Å²) in [4.78, 5) is 4.35. The van der Waals surface area contributed by atoms with E-state index in [0.717, 1.165) is 17.7 Å². The molecule has 0 unspecified atom stereocenters. The Kier molecular flexibility index (Phi) is 7.51. The smallest absolute Gasteiger partial charge is 0.195 e. The van der Waals surface area contributed by atoms with Crippen molar-refractivity contribution in [3.63, 3.8) is 0 Å². The molecular weight excluding hydrogens is 409 g/mol. The van der Waals surface area contributed by atoms with Gasteiger partial charge in [-0.15, -0.1) is 0 Å². The predicted molar refractivity (Wildman–Crippen MR) is 116 cm³/mol. The number of guanidine groups is 1. The number of aliphatic imine (C=N–C) groups is 1. The third-order valence-electron chi connectivity index (χ3n) is 4.34. The molecule has 0 saturated carbocycles. The van der Waals surface area contributed by atoms with Gasteiger partial charge in [0.05, 0.1) is 25.5 Å². The summed E-state index contributed by atoms with van der Waals surface area (Å²) in [5.74, 6) is 1.44. The first-order chi connectivity index (χ1) is 14.4. The highest BCUT2D eigenvalue weighted by atomic mass is 32.2. The van der Waals surface area contributed by atoms with Crippen LogP contribution >= 0.6 is 0 Å². The van der Waals surface area contributed by atoms with Crippen LogP contribution in [-0.2, 0) is 16.3 Å². The first-order valence-corrected chi connectivity index (χ1v) is 11.8. The van der Waals surface area contributed by atoms with Gasteiger partial charge in [0.15, 0.2) is 17.5 Å². The number of nitrogens with one attached hydrogen (secondary N) is 2. The van der Waals surface area contributed by atoms with Crippen LogP contribution in [0.25, 0.3) is 0 Å². The van der Waals surface area contributed by atoms with E-state index in [9.17, 15) is 12.8 Å². The number of hydrogen-bond acceptors (Lipinski definition) is 5. The number of ether oxygens (including phenoxy) is 2. The van der Waals surface area contributed by atoms with Gasteiger partial charge in [-0.3, -0.25) is 4.99 Å². The lowest BCUT2D eigenvalue weighted by molar-refractivity contribution is 0.297. The number of anilines is 1. The number of fused-ring (bicyclic) bond motifs is 1. The molecule has 0 aliphatic carbocycles. The Morgan fingerprint density at radius 2 is 1.93 bits per heavy atom. The average Bonchev–Trinajstić information content (AvgIpc) is 2.92. The largest absolute Gasteiger partial charge is 0.490 e. The first kappa shape index (κ1) is 21.9. The van der Waals surface area contributed by atoms with Crippen LogP contribution < -0.4 is 20.1 Å². The summed E-state index contributed by atoms with van der Waals surface area (Å²) in [5.41, 5.74) is 1.59. The highest BCUT2D eigenvalue weighted by Gasteiger charge is 2.12. The first-order valence-electron chi connectivity index (χ1n) is 9.76. The van der Waals surface area contributed by atoms with Crippen molar-refractivity contribution in [1.82, 2.24) is 5.32 Å². The molecule has 0 saturated heterocycles. The Labute approximate surface area is 176 Å². The lowest BCUT2D eigenvalue weighted by Gasteiger charge is -2.14. The number of hydrogen-bond donors (Lipinski definition) is 2. The Bertz CT molecular complexity index is 995. The van der Waals surface area contributed by atoms with Gasteiger partial charge in [-0.2, -0.15) is 0 Å². The zero-order chi connectivity index (χ0) is 21.4. The molecule has 1 heterocycles. The second kappa shape index (κ2) is 10.3. The van der Waals surface area contributed by atoms with Crippen LogP contribution in [0.4, 0.5) is 10.1 Å². The van der Waals surface area contributed by atoms with Crippen LogP contribution in [-0.4, -0.2) is 52.7 Å². The van der Waals surface area contributed by atoms with E-state index >= 15 is 0 Å². The van der Waals surface area contributed by atoms with E-state index in [0.29, 0.717) is 43.6 Å². The number of benzene rings is 2. The molecule has 0 radical (unpaired) electrons. The highest BCUT2D eigenvalue weighted by molar-refractivity contribution is 7.90. The minimum Gasteiger partial charge on any atom is -0.490 e. The average molecular weight is 436 g/mol. The summed E-state index contributed by atoms with van der Waals surface area (Å²) < 4.78 is 47.5. The van der Waals surface area contributed by atoms with Crippen LogP contribution in [0.3, 0.4) is 0 Å². The molecule has 0 aromatic heterocycles. The number of rotatable bonds is 7. The lowest BCUT2D eigenvalue weighted by Crippen LogP contribution is -2.33. The summed E-state index contributed by atoms with van der Waals surface area (Å²) in [7, 11) is -3.12. The van der Waals surface area contributed by atoms with Crippen molar-refractivity contribution in [2.45, 2.75) is 12.8 Å². The maximum Gasteiger partial charge on any atom is 0.195 e. The molecule has 1 aliphatic heterocycles. The van der Waals surface area contributed by atoms with Crippen LogP contribution in [0.1, 0.15) is 12.0 Å². The van der Waals surface area contributed by atoms with Gasteiger partial charge >= 0.3 is 0 Å². The number of nitrogens with zero attached hydrogens (tertiary/aromatic N) is 1. The summed E-state index contributed by atoms with van der Waals surface area (Å²) in [6.07, 6.45) is 2.58. The van der Waals surface area contributed by atoms with Crippen molar-refractivity contribution in [2.24, 2.45) is 4.99 Å². The van der Waals surface area contributed by atoms with Gasteiger partial charge in [0.1, 0.15) is 15.7 Å². The quantitative estimate of drug-likeness (QED) is 0.513. The molecule has 2 N–H and O–H groups in total. The molecule has 162 valence electrons. The fraction of sp³-hybridized carbons (Fsp3) is 0.381. The van der Waals surface area contributed by atoms with Crippen molar-refractivity contribution in [3.8, 4) is 11.5 Å². The molecule has 3 rings (SSSR count). The van der Waals surface area contributed by atoms with Crippen LogP contribution in [0.15, 0.2) is 47.5 Å². The van der Waals surface area contributed by atoms with E-state index in [2.05, 4.69) is 15.6 Å². The van der Waals surface area contributed by atoms with Gasteiger partial charge in [0.2, 0.25) is 0 Å². The Balaban J connectivity index is 1.67. The monoisotopic (exact) mass is 435 g/mol. The minimum absolute atomic E-state index is 0.0507. The number of sulfone groups is 1. The summed E-state index contributed by atoms with van der Waals surface area (Å²) in [5, 5.41) is 6.33. The van der Waals surface area contributed by atoms with Crippen molar-refractivity contribution in [1.29, 1.82) is 0 Å².